The molecule has 4 rings (SSSR count). The van der Waals surface area contributed by atoms with Crippen molar-refractivity contribution in [1.82, 2.24) is 0 Å². The Morgan fingerprint density at radius 1 is 1.28 bits per heavy atom. The molecule has 6 heteroatoms. The largest absolute Gasteiger partial charge is 0.458 e. The van der Waals surface area contributed by atoms with E-state index in [4.69, 9.17) is 14.2 Å². The van der Waals surface area contributed by atoms with Gasteiger partial charge in [0, 0.05) is 11.6 Å². The third kappa shape index (κ3) is 2.42. The highest BCUT2D eigenvalue weighted by Gasteiger charge is 2.56. The SMILES string of the molecule is CC1=C[C@H](OC=C2C(=O)O[C@@H]3C4=C(CCCC4(C)C)[C@@H](O)[C@H]23)OC1=O. The molecule has 1 fully saturated rings. The molecule has 0 unspecified atom stereocenters. The molecule has 134 valence electrons. The van der Waals surface area contributed by atoms with Crippen LogP contribution in [0.3, 0.4) is 0 Å². The molecule has 0 aromatic rings. The summed E-state index contributed by atoms with van der Waals surface area (Å²) < 4.78 is 16.1. The number of cyclic esters (lactones) is 1. The zero-order valence-electron chi connectivity index (χ0n) is 14.6. The molecule has 2 heterocycles. The van der Waals surface area contributed by atoms with E-state index in [-0.39, 0.29) is 5.41 Å². The first-order valence-corrected chi connectivity index (χ1v) is 8.67. The van der Waals surface area contributed by atoms with Crippen molar-refractivity contribution >= 4 is 11.9 Å². The summed E-state index contributed by atoms with van der Waals surface area (Å²) in [6.07, 6.45) is 3.70. The summed E-state index contributed by atoms with van der Waals surface area (Å²) in [4.78, 5) is 23.7. The zero-order chi connectivity index (χ0) is 17.9. The van der Waals surface area contributed by atoms with Gasteiger partial charge in [0.25, 0.3) is 6.29 Å². The molecule has 2 aliphatic carbocycles. The average Bonchev–Trinajstić information content (AvgIpc) is 3.11. The molecule has 4 atom stereocenters. The van der Waals surface area contributed by atoms with Gasteiger partial charge < -0.3 is 19.3 Å². The van der Waals surface area contributed by atoms with Gasteiger partial charge in [-0.05, 0) is 42.7 Å². The summed E-state index contributed by atoms with van der Waals surface area (Å²) in [5.74, 6) is -1.36. The highest BCUT2D eigenvalue weighted by atomic mass is 16.7. The van der Waals surface area contributed by atoms with E-state index in [1.165, 1.54) is 6.26 Å². The molecule has 25 heavy (non-hydrogen) atoms. The molecule has 0 spiro atoms. The molecular formula is C19H22O6. The summed E-state index contributed by atoms with van der Waals surface area (Å²) in [6.45, 7) is 5.90. The number of carbonyl (C=O) groups excluding carboxylic acids is 2. The van der Waals surface area contributed by atoms with Crippen LogP contribution in [0.2, 0.25) is 0 Å². The maximum atomic E-state index is 12.3. The molecule has 2 aliphatic heterocycles. The maximum absolute atomic E-state index is 12.3. The second kappa shape index (κ2) is 5.46. The summed E-state index contributed by atoms with van der Waals surface area (Å²) in [5, 5.41) is 10.8. The molecule has 0 bridgehead atoms. The zero-order valence-corrected chi connectivity index (χ0v) is 14.6. The van der Waals surface area contributed by atoms with Crippen molar-refractivity contribution < 1.29 is 28.9 Å². The Kier molecular flexibility index (Phi) is 3.58. The Labute approximate surface area is 146 Å². The lowest BCUT2D eigenvalue weighted by Gasteiger charge is -2.34. The normalized spacial score (nSPS) is 37.6. The maximum Gasteiger partial charge on any atom is 0.338 e. The third-order valence-electron chi connectivity index (χ3n) is 5.72. The number of hydrogen-bond donors (Lipinski definition) is 1. The van der Waals surface area contributed by atoms with Crippen LogP contribution >= 0.6 is 0 Å². The third-order valence-corrected chi connectivity index (χ3v) is 5.72. The van der Waals surface area contributed by atoms with E-state index in [1.807, 2.05) is 0 Å². The Morgan fingerprint density at radius 2 is 2.04 bits per heavy atom. The average molecular weight is 346 g/mol. The summed E-state index contributed by atoms with van der Waals surface area (Å²) >= 11 is 0. The number of hydrogen-bond acceptors (Lipinski definition) is 6. The minimum Gasteiger partial charge on any atom is -0.458 e. The van der Waals surface area contributed by atoms with Crippen molar-refractivity contribution in [1.29, 1.82) is 0 Å². The monoisotopic (exact) mass is 346 g/mol. The second-order valence-electron chi connectivity index (χ2n) is 7.81. The number of rotatable bonds is 2. The molecule has 0 radical (unpaired) electrons. The lowest BCUT2D eigenvalue weighted by molar-refractivity contribution is -0.152. The number of esters is 2. The van der Waals surface area contributed by atoms with Crippen LogP contribution in [0.1, 0.15) is 40.0 Å². The van der Waals surface area contributed by atoms with Gasteiger partial charge in [0.1, 0.15) is 6.10 Å². The fraction of sp³-hybridized carbons (Fsp3) is 0.579. The highest BCUT2D eigenvalue weighted by molar-refractivity contribution is 5.93. The van der Waals surface area contributed by atoms with Crippen LogP contribution < -0.4 is 0 Å². The number of fused-ring (bicyclic) bond motifs is 2. The van der Waals surface area contributed by atoms with Crippen LogP contribution in [0.4, 0.5) is 0 Å². The minimum absolute atomic E-state index is 0.0919. The Balaban J connectivity index is 1.60. The molecule has 1 N–H and O–H groups in total. The molecular weight excluding hydrogens is 324 g/mol. The van der Waals surface area contributed by atoms with Crippen molar-refractivity contribution in [2.45, 2.75) is 58.5 Å². The van der Waals surface area contributed by atoms with Gasteiger partial charge in [0.2, 0.25) is 0 Å². The first kappa shape index (κ1) is 16.4. The first-order chi connectivity index (χ1) is 11.8. The van der Waals surface area contributed by atoms with Crippen molar-refractivity contribution in [3.63, 3.8) is 0 Å². The predicted molar refractivity (Wildman–Crippen MR) is 86.8 cm³/mol. The topological polar surface area (TPSA) is 82.1 Å². The quantitative estimate of drug-likeness (QED) is 0.357. The van der Waals surface area contributed by atoms with Gasteiger partial charge in [-0.25, -0.2) is 9.59 Å². The van der Waals surface area contributed by atoms with Crippen LogP contribution in [0.5, 0.6) is 0 Å². The Hall–Kier alpha value is -2.08. The lowest BCUT2D eigenvalue weighted by atomic mass is 9.72. The van der Waals surface area contributed by atoms with Gasteiger partial charge in [-0.1, -0.05) is 13.8 Å². The van der Waals surface area contributed by atoms with E-state index in [9.17, 15) is 14.7 Å². The second-order valence-corrected chi connectivity index (χ2v) is 7.81. The van der Waals surface area contributed by atoms with Crippen LogP contribution in [-0.2, 0) is 23.8 Å². The van der Waals surface area contributed by atoms with E-state index >= 15 is 0 Å². The van der Waals surface area contributed by atoms with E-state index in [0.717, 1.165) is 30.4 Å². The number of ether oxygens (including phenoxy) is 3. The highest BCUT2D eigenvalue weighted by Crippen LogP contribution is 2.54. The summed E-state index contributed by atoms with van der Waals surface area (Å²) in [6, 6.07) is 0. The Morgan fingerprint density at radius 3 is 2.72 bits per heavy atom. The molecule has 0 aromatic carbocycles. The lowest BCUT2D eigenvalue weighted by Crippen LogP contribution is -2.27. The van der Waals surface area contributed by atoms with Crippen molar-refractivity contribution in [3.05, 3.63) is 34.6 Å². The van der Waals surface area contributed by atoms with Crippen LogP contribution in [0.15, 0.2) is 34.6 Å². The minimum atomic E-state index is -0.843. The van der Waals surface area contributed by atoms with Gasteiger partial charge in [-0.15, -0.1) is 0 Å². The van der Waals surface area contributed by atoms with Crippen LogP contribution in [0, 0.1) is 11.3 Å². The Bertz CT molecular complexity index is 741. The molecule has 0 amide bonds. The van der Waals surface area contributed by atoms with E-state index in [1.54, 1.807) is 13.0 Å². The number of aliphatic hydroxyl groups is 1. The van der Waals surface area contributed by atoms with Gasteiger partial charge in [0.05, 0.1) is 23.9 Å². The van der Waals surface area contributed by atoms with Crippen LogP contribution in [-0.4, -0.2) is 35.5 Å². The van der Waals surface area contributed by atoms with E-state index in [2.05, 4.69) is 13.8 Å². The summed E-state index contributed by atoms with van der Waals surface area (Å²) in [5.41, 5.74) is 2.75. The van der Waals surface area contributed by atoms with Gasteiger partial charge in [0.15, 0.2) is 0 Å². The van der Waals surface area contributed by atoms with Gasteiger partial charge in [-0.3, -0.25) is 0 Å². The van der Waals surface area contributed by atoms with Gasteiger partial charge in [-0.2, -0.15) is 0 Å². The van der Waals surface area contributed by atoms with Crippen molar-refractivity contribution in [2.24, 2.45) is 11.3 Å². The standard InChI is InChI=1S/C19H22O6/c1-9-7-12(24-17(9)21)23-8-11-13-15(20)10-5-4-6-19(2,3)14(10)16(13)25-18(11)22/h7-8,12-13,15-16,20H,4-6H2,1-3H3/t12-,13+,15-,16+/m1/s1. The van der Waals surface area contributed by atoms with E-state index < -0.39 is 36.4 Å². The molecule has 0 saturated carbocycles. The number of carbonyl (C=O) groups is 2. The van der Waals surface area contributed by atoms with Crippen molar-refractivity contribution in [3.8, 4) is 0 Å². The molecule has 0 aromatic heterocycles. The van der Waals surface area contributed by atoms with Crippen molar-refractivity contribution in [2.75, 3.05) is 0 Å². The predicted octanol–water partition coefficient (Wildman–Crippen LogP) is 2.14. The molecule has 6 nitrogen and oxygen atoms in total. The molecule has 4 aliphatic rings. The fourth-order valence-corrected chi connectivity index (χ4v) is 4.49. The molecule has 1 saturated heterocycles. The smallest absolute Gasteiger partial charge is 0.338 e. The van der Waals surface area contributed by atoms with E-state index in [0.29, 0.717) is 11.1 Å². The first-order valence-electron chi connectivity index (χ1n) is 8.67. The number of aliphatic hydroxyl groups excluding tert-OH is 1. The fourth-order valence-electron chi connectivity index (χ4n) is 4.49. The van der Waals surface area contributed by atoms with Gasteiger partial charge >= 0.3 is 11.9 Å². The van der Waals surface area contributed by atoms with Crippen LogP contribution in [0.25, 0.3) is 0 Å². The summed E-state index contributed by atoms with van der Waals surface area (Å²) in [7, 11) is 0.